The zero-order valence-corrected chi connectivity index (χ0v) is 15.6. The van der Waals surface area contributed by atoms with Crippen LogP contribution in [0, 0.1) is 5.92 Å². The molecule has 3 nitrogen and oxygen atoms in total. The number of hydrogen-bond donors (Lipinski definition) is 1. The maximum absolute atomic E-state index is 11.0. The fourth-order valence-corrected chi connectivity index (χ4v) is 4.05. The molecule has 0 spiro atoms. The molecule has 1 aliphatic rings. The predicted molar refractivity (Wildman–Crippen MR) is 107 cm³/mol. The molecular formula is C23H27NO2. The molecular weight excluding hydrogens is 322 g/mol. The first-order valence-electron chi connectivity index (χ1n) is 9.23. The van der Waals surface area contributed by atoms with E-state index >= 15 is 0 Å². The molecule has 136 valence electrons. The van der Waals surface area contributed by atoms with E-state index in [1.807, 2.05) is 30.3 Å². The molecule has 0 heterocycles. The Balaban J connectivity index is 1.87. The summed E-state index contributed by atoms with van der Waals surface area (Å²) in [6, 6.07) is 15.5. The molecule has 0 radical (unpaired) electrons. The van der Waals surface area contributed by atoms with Crippen LogP contribution in [0.4, 0.5) is 0 Å². The van der Waals surface area contributed by atoms with Gasteiger partial charge in [0.2, 0.25) is 0 Å². The lowest BCUT2D eigenvalue weighted by Crippen LogP contribution is -2.29. The third kappa shape index (κ3) is 4.61. The zero-order chi connectivity index (χ0) is 18.5. The Bertz CT molecular complexity index is 794. The summed E-state index contributed by atoms with van der Waals surface area (Å²) < 4.78 is 0. The second kappa shape index (κ2) is 8.33. The van der Waals surface area contributed by atoms with E-state index < -0.39 is 0 Å². The van der Waals surface area contributed by atoms with Crippen molar-refractivity contribution < 1.29 is 9.90 Å². The third-order valence-corrected chi connectivity index (χ3v) is 5.20. The van der Waals surface area contributed by atoms with Crippen molar-refractivity contribution in [1.29, 1.82) is 0 Å². The van der Waals surface area contributed by atoms with Crippen molar-refractivity contribution >= 4 is 12.4 Å². The standard InChI is InChI=1S/C23H27NO2/c1-24(2)15-21-10-9-18(11-17-5-3-6-19(12-17)16-25)13-23(21)20-7-4-8-22(26)14-20/h3-8,11-12,14,16,21,23,26H,9-10,13,15H2,1-2H3/b18-11+. The summed E-state index contributed by atoms with van der Waals surface area (Å²) >= 11 is 0. The van der Waals surface area contributed by atoms with Gasteiger partial charge in [0.15, 0.2) is 0 Å². The van der Waals surface area contributed by atoms with Crippen LogP contribution in [0.15, 0.2) is 54.1 Å². The smallest absolute Gasteiger partial charge is 0.150 e. The average Bonchev–Trinajstić information content (AvgIpc) is 2.63. The molecule has 2 aromatic carbocycles. The first-order valence-corrected chi connectivity index (χ1v) is 9.23. The molecule has 0 saturated heterocycles. The molecule has 2 atom stereocenters. The second-order valence-corrected chi connectivity index (χ2v) is 7.56. The monoisotopic (exact) mass is 349 g/mol. The summed E-state index contributed by atoms with van der Waals surface area (Å²) in [4.78, 5) is 13.3. The molecule has 1 saturated carbocycles. The van der Waals surface area contributed by atoms with E-state index in [2.05, 4.69) is 37.2 Å². The molecule has 0 bridgehead atoms. The van der Waals surface area contributed by atoms with E-state index in [4.69, 9.17) is 0 Å². The predicted octanol–water partition coefficient (Wildman–Crippen LogP) is 4.73. The molecule has 0 amide bonds. The van der Waals surface area contributed by atoms with Gasteiger partial charge in [-0.3, -0.25) is 4.79 Å². The highest BCUT2D eigenvalue weighted by molar-refractivity contribution is 5.76. The number of hydrogen-bond acceptors (Lipinski definition) is 3. The van der Waals surface area contributed by atoms with E-state index in [0.717, 1.165) is 37.7 Å². The lowest BCUT2D eigenvalue weighted by Gasteiger charge is -2.35. The highest BCUT2D eigenvalue weighted by atomic mass is 16.3. The van der Waals surface area contributed by atoms with E-state index in [9.17, 15) is 9.90 Å². The first-order chi connectivity index (χ1) is 12.5. The van der Waals surface area contributed by atoms with Crippen LogP contribution in [0.25, 0.3) is 6.08 Å². The average molecular weight is 349 g/mol. The van der Waals surface area contributed by atoms with Gasteiger partial charge in [-0.25, -0.2) is 0 Å². The van der Waals surface area contributed by atoms with Crippen LogP contribution in [-0.2, 0) is 0 Å². The zero-order valence-electron chi connectivity index (χ0n) is 15.6. The number of aldehydes is 1. The van der Waals surface area contributed by atoms with E-state index in [1.165, 1.54) is 11.1 Å². The van der Waals surface area contributed by atoms with Crippen LogP contribution in [-0.4, -0.2) is 36.9 Å². The van der Waals surface area contributed by atoms with Crippen molar-refractivity contribution in [3.63, 3.8) is 0 Å². The van der Waals surface area contributed by atoms with E-state index in [1.54, 1.807) is 6.07 Å². The number of phenols is 1. The van der Waals surface area contributed by atoms with E-state index in [0.29, 0.717) is 23.1 Å². The second-order valence-electron chi connectivity index (χ2n) is 7.56. The van der Waals surface area contributed by atoms with Gasteiger partial charge in [-0.1, -0.05) is 42.0 Å². The number of carbonyl (C=O) groups is 1. The summed E-state index contributed by atoms with van der Waals surface area (Å²) in [6.45, 7) is 1.05. The number of aromatic hydroxyl groups is 1. The van der Waals surface area contributed by atoms with Gasteiger partial charge in [-0.2, -0.15) is 0 Å². The van der Waals surface area contributed by atoms with Gasteiger partial charge >= 0.3 is 0 Å². The SMILES string of the molecule is CN(C)CC1CC/C(=C\c2cccc(C=O)c2)CC1c1cccc(O)c1. The normalized spacial score (nSPS) is 21.9. The Morgan fingerprint density at radius 2 is 1.88 bits per heavy atom. The number of allylic oxidation sites excluding steroid dienone is 1. The Morgan fingerprint density at radius 1 is 1.12 bits per heavy atom. The molecule has 1 N–H and O–H groups in total. The van der Waals surface area contributed by atoms with Crippen molar-refractivity contribution in [3.8, 4) is 5.75 Å². The number of nitrogens with zero attached hydrogens (tertiary/aromatic N) is 1. The van der Waals surface area contributed by atoms with Crippen LogP contribution >= 0.6 is 0 Å². The van der Waals surface area contributed by atoms with Crippen molar-refractivity contribution in [2.45, 2.75) is 25.2 Å². The maximum atomic E-state index is 11.0. The summed E-state index contributed by atoms with van der Waals surface area (Å²) in [5.41, 5.74) is 4.43. The lowest BCUT2D eigenvalue weighted by molar-refractivity contribution is 0.112. The van der Waals surface area contributed by atoms with Crippen molar-refractivity contribution in [2.75, 3.05) is 20.6 Å². The Hall–Kier alpha value is -2.39. The molecule has 1 aliphatic carbocycles. The summed E-state index contributed by atoms with van der Waals surface area (Å²) in [5.74, 6) is 1.31. The van der Waals surface area contributed by atoms with Crippen LogP contribution < -0.4 is 0 Å². The Kier molecular flexibility index (Phi) is 5.89. The molecule has 0 aliphatic heterocycles. The van der Waals surface area contributed by atoms with Crippen molar-refractivity contribution in [2.24, 2.45) is 5.92 Å². The van der Waals surface area contributed by atoms with Crippen LogP contribution in [0.3, 0.4) is 0 Å². The Labute approximate surface area is 156 Å². The molecule has 1 fully saturated rings. The number of rotatable bonds is 5. The van der Waals surface area contributed by atoms with Gasteiger partial charge in [-0.15, -0.1) is 0 Å². The molecule has 2 unspecified atom stereocenters. The summed E-state index contributed by atoms with van der Waals surface area (Å²) in [5, 5.41) is 9.91. The fourth-order valence-electron chi connectivity index (χ4n) is 4.05. The summed E-state index contributed by atoms with van der Waals surface area (Å²) in [7, 11) is 4.24. The van der Waals surface area contributed by atoms with Gasteiger partial charge in [0.1, 0.15) is 12.0 Å². The van der Waals surface area contributed by atoms with E-state index in [-0.39, 0.29) is 0 Å². The molecule has 26 heavy (non-hydrogen) atoms. The van der Waals surface area contributed by atoms with Crippen molar-refractivity contribution in [1.82, 2.24) is 4.90 Å². The van der Waals surface area contributed by atoms with Crippen LogP contribution in [0.2, 0.25) is 0 Å². The highest BCUT2D eigenvalue weighted by Crippen LogP contribution is 2.42. The largest absolute Gasteiger partial charge is 0.508 e. The molecule has 0 aromatic heterocycles. The first kappa shape index (κ1) is 18.4. The Morgan fingerprint density at radius 3 is 2.62 bits per heavy atom. The minimum atomic E-state index is 0.334. The fraction of sp³-hybridized carbons (Fsp3) is 0.348. The van der Waals surface area contributed by atoms with Crippen LogP contribution in [0.1, 0.15) is 46.7 Å². The number of carbonyl (C=O) groups excluding carboxylic acids is 1. The third-order valence-electron chi connectivity index (χ3n) is 5.20. The maximum Gasteiger partial charge on any atom is 0.150 e. The van der Waals surface area contributed by atoms with Crippen LogP contribution in [0.5, 0.6) is 5.75 Å². The minimum Gasteiger partial charge on any atom is -0.508 e. The highest BCUT2D eigenvalue weighted by Gasteiger charge is 2.29. The molecule has 3 rings (SSSR count). The number of phenolic OH excluding ortho intramolecular Hbond substituents is 1. The molecule has 2 aromatic rings. The quantitative estimate of drug-likeness (QED) is 0.793. The topological polar surface area (TPSA) is 40.5 Å². The van der Waals surface area contributed by atoms with Gasteiger partial charge in [0.25, 0.3) is 0 Å². The van der Waals surface area contributed by atoms with Gasteiger partial charge in [0.05, 0.1) is 0 Å². The minimum absolute atomic E-state index is 0.334. The van der Waals surface area contributed by atoms with Gasteiger partial charge in [-0.05, 0) is 74.5 Å². The molecule has 3 heteroatoms. The van der Waals surface area contributed by atoms with Gasteiger partial charge < -0.3 is 10.0 Å². The lowest BCUT2D eigenvalue weighted by atomic mass is 9.73. The van der Waals surface area contributed by atoms with Crippen molar-refractivity contribution in [3.05, 3.63) is 70.8 Å². The van der Waals surface area contributed by atoms with Gasteiger partial charge in [0, 0.05) is 12.1 Å². The summed E-state index contributed by atoms with van der Waals surface area (Å²) in [6.07, 6.45) is 6.34. The number of benzene rings is 2.